The normalized spacial score (nSPS) is 18.6. The van der Waals surface area contributed by atoms with Gasteiger partial charge in [-0.15, -0.1) is 0 Å². The number of aryl methyl sites for hydroxylation is 2. The second-order valence-corrected chi connectivity index (χ2v) is 5.46. The first kappa shape index (κ1) is 13.5. The smallest absolute Gasteiger partial charge is 0.268 e. The minimum absolute atomic E-state index is 0.208. The molecule has 1 aliphatic heterocycles. The molecule has 5 heteroatoms. The highest BCUT2D eigenvalue weighted by Gasteiger charge is 2.46. The van der Waals surface area contributed by atoms with Gasteiger partial charge in [0.05, 0.1) is 12.0 Å². The zero-order valence-electron chi connectivity index (χ0n) is 12.1. The van der Waals surface area contributed by atoms with E-state index in [0.29, 0.717) is 12.2 Å². The molecule has 0 aliphatic carbocycles. The summed E-state index contributed by atoms with van der Waals surface area (Å²) in [5, 5.41) is 1.09. The number of carbonyl (C=O) groups is 2. The third kappa shape index (κ3) is 2.59. The Morgan fingerprint density at radius 2 is 2.10 bits per heavy atom. The first-order chi connectivity index (χ1) is 10.0. The molecule has 1 aromatic heterocycles. The maximum absolute atomic E-state index is 12.4. The standard InChI is InChI=1S/C16H17N2O3/c1-11-4-3-5-13(8-11)9-14-10-15(19)18(16(14)20)17-7-6-12(2)21-17/h3-8,14H,9-10H2,1-2H3/q+1. The van der Waals surface area contributed by atoms with Gasteiger partial charge < -0.3 is 0 Å². The van der Waals surface area contributed by atoms with E-state index in [4.69, 9.17) is 4.52 Å². The van der Waals surface area contributed by atoms with Crippen LogP contribution in [0.15, 0.2) is 41.1 Å². The molecule has 2 heterocycles. The Morgan fingerprint density at radius 3 is 2.76 bits per heavy atom. The molecule has 21 heavy (non-hydrogen) atoms. The van der Waals surface area contributed by atoms with Gasteiger partial charge in [0, 0.05) is 13.3 Å². The third-order valence-electron chi connectivity index (χ3n) is 3.65. The Balaban J connectivity index is 1.80. The van der Waals surface area contributed by atoms with E-state index in [2.05, 4.69) is 0 Å². The SMILES string of the molecule is Cc1cccc(CC2CC(=O)N([n+]3ccc(C)o3)C2=O)c1. The number of hydrogen-bond acceptors (Lipinski definition) is 3. The molecule has 1 atom stereocenters. The largest absolute Gasteiger partial charge is 0.295 e. The van der Waals surface area contributed by atoms with Crippen molar-refractivity contribution in [2.24, 2.45) is 5.92 Å². The van der Waals surface area contributed by atoms with Crippen molar-refractivity contribution < 1.29 is 19.0 Å². The average molecular weight is 285 g/mol. The molecule has 1 aliphatic rings. The molecular formula is C16H17N2O3+. The van der Waals surface area contributed by atoms with E-state index in [-0.39, 0.29) is 24.2 Å². The molecule has 1 aromatic carbocycles. The van der Waals surface area contributed by atoms with Gasteiger partial charge in [0.1, 0.15) is 4.85 Å². The molecule has 108 valence electrons. The number of amides is 2. The molecule has 2 amide bonds. The van der Waals surface area contributed by atoms with Crippen LogP contribution in [0.2, 0.25) is 0 Å². The van der Waals surface area contributed by atoms with Crippen LogP contribution >= 0.6 is 0 Å². The maximum Gasteiger partial charge on any atom is 0.295 e. The van der Waals surface area contributed by atoms with Crippen molar-refractivity contribution in [2.75, 3.05) is 5.01 Å². The summed E-state index contributed by atoms with van der Waals surface area (Å²) in [6.07, 6.45) is 2.38. The predicted molar refractivity (Wildman–Crippen MR) is 74.9 cm³/mol. The Kier molecular flexibility index (Phi) is 3.33. The van der Waals surface area contributed by atoms with E-state index in [9.17, 15) is 9.59 Å². The molecule has 3 rings (SSSR count). The lowest BCUT2D eigenvalue weighted by molar-refractivity contribution is -0.845. The number of imide groups is 1. The highest BCUT2D eigenvalue weighted by molar-refractivity contribution is 6.13. The summed E-state index contributed by atoms with van der Waals surface area (Å²) in [7, 11) is 0. The van der Waals surface area contributed by atoms with Crippen LogP contribution in [0.5, 0.6) is 0 Å². The molecule has 1 unspecified atom stereocenters. The van der Waals surface area contributed by atoms with Crippen molar-refractivity contribution in [3.05, 3.63) is 53.4 Å². The molecule has 0 saturated carbocycles. The molecule has 5 nitrogen and oxygen atoms in total. The van der Waals surface area contributed by atoms with Crippen molar-refractivity contribution >= 4 is 11.8 Å². The lowest BCUT2D eigenvalue weighted by Gasteiger charge is -2.07. The Hall–Kier alpha value is -2.43. The van der Waals surface area contributed by atoms with E-state index >= 15 is 0 Å². The van der Waals surface area contributed by atoms with Gasteiger partial charge in [0.15, 0.2) is 5.76 Å². The minimum atomic E-state index is -0.322. The predicted octanol–water partition coefficient (Wildman–Crippen LogP) is 1.44. The summed E-state index contributed by atoms with van der Waals surface area (Å²) in [5.41, 5.74) is 2.22. The van der Waals surface area contributed by atoms with Crippen LogP contribution in [0.1, 0.15) is 23.3 Å². The van der Waals surface area contributed by atoms with Crippen LogP contribution in [0.3, 0.4) is 0 Å². The fourth-order valence-corrected chi connectivity index (χ4v) is 2.66. The fraction of sp³-hybridized carbons (Fsp3) is 0.312. The number of rotatable bonds is 3. The van der Waals surface area contributed by atoms with Gasteiger partial charge in [0.2, 0.25) is 0 Å². The monoisotopic (exact) mass is 285 g/mol. The van der Waals surface area contributed by atoms with Gasteiger partial charge in [-0.2, -0.15) is 0 Å². The van der Waals surface area contributed by atoms with Crippen LogP contribution in [-0.4, -0.2) is 11.8 Å². The number of nitrogens with zero attached hydrogens (tertiary/aromatic N) is 2. The lowest BCUT2D eigenvalue weighted by atomic mass is 9.97. The van der Waals surface area contributed by atoms with Crippen LogP contribution in [0, 0.1) is 19.8 Å². The van der Waals surface area contributed by atoms with Gasteiger partial charge in [-0.1, -0.05) is 29.8 Å². The average Bonchev–Trinajstić information content (AvgIpc) is 2.94. The van der Waals surface area contributed by atoms with Crippen LogP contribution < -0.4 is 9.86 Å². The second kappa shape index (κ2) is 5.16. The lowest BCUT2D eigenvalue weighted by Crippen LogP contribution is -2.60. The summed E-state index contributed by atoms with van der Waals surface area (Å²) >= 11 is 0. The molecule has 2 aromatic rings. The van der Waals surface area contributed by atoms with Crippen molar-refractivity contribution in [1.82, 2.24) is 0 Å². The van der Waals surface area contributed by atoms with E-state index in [1.54, 1.807) is 19.2 Å². The van der Waals surface area contributed by atoms with Crippen molar-refractivity contribution in [3.8, 4) is 0 Å². The summed E-state index contributed by atoms with van der Waals surface area (Å²) < 4.78 is 5.33. The van der Waals surface area contributed by atoms with E-state index in [0.717, 1.165) is 16.1 Å². The maximum atomic E-state index is 12.4. The number of hydrogen-bond donors (Lipinski definition) is 0. The van der Waals surface area contributed by atoms with E-state index in [1.807, 2.05) is 31.2 Å². The van der Waals surface area contributed by atoms with Crippen molar-refractivity contribution in [2.45, 2.75) is 26.7 Å². The fourth-order valence-electron chi connectivity index (χ4n) is 2.66. The molecule has 0 spiro atoms. The van der Waals surface area contributed by atoms with Crippen molar-refractivity contribution in [3.63, 3.8) is 0 Å². The van der Waals surface area contributed by atoms with Gasteiger partial charge in [-0.05, 0) is 23.9 Å². The van der Waals surface area contributed by atoms with Crippen LogP contribution in [-0.2, 0) is 16.0 Å². The first-order valence-corrected chi connectivity index (χ1v) is 6.96. The summed E-state index contributed by atoms with van der Waals surface area (Å²) in [5.74, 6) is -0.104. The van der Waals surface area contributed by atoms with Gasteiger partial charge in [-0.3, -0.25) is 9.59 Å². The highest BCUT2D eigenvalue weighted by atomic mass is 16.5. The first-order valence-electron chi connectivity index (χ1n) is 6.96. The number of aromatic nitrogens is 1. The molecule has 0 radical (unpaired) electrons. The second-order valence-electron chi connectivity index (χ2n) is 5.46. The number of carbonyl (C=O) groups excluding carboxylic acids is 2. The molecule has 1 fully saturated rings. The summed E-state index contributed by atoms with van der Waals surface area (Å²) in [6.45, 7) is 3.78. The van der Waals surface area contributed by atoms with E-state index < -0.39 is 0 Å². The summed E-state index contributed by atoms with van der Waals surface area (Å²) in [6, 6.07) is 9.73. The minimum Gasteiger partial charge on any atom is -0.268 e. The molecule has 0 bridgehead atoms. The zero-order chi connectivity index (χ0) is 15.0. The molecular weight excluding hydrogens is 268 g/mol. The topological polar surface area (TPSA) is 54.4 Å². The van der Waals surface area contributed by atoms with Gasteiger partial charge in [0.25, 0.3) is 18.0 Å². The molecule has 1 saturated heterocycles. The van der Waals surface area contributed by atoms with Crippen molar-refractivity contribution in [1.29, 1.82) is 0 Å². The summed E-state index contributed by atoms with van der Waals surface area (Å²) in [4.78, 5) is 25.7. The zero-order valence-corrected chi connectivity index (χ0v) is 12.1. The van der Waals surface area contributed by atoms with Gasteiger partial charge >= 0.3 is 0 Å². The van der Waals surface area contributed by atoms with E-state index in [1.165, 1.54) is 4.85 Å². The Bertz CT molecular complexity index is 705. The Labute approximate surface area is 122 Å². The quantitative estimate of drug-likeness (QED) is 0.633. The van der Waals surface area contributed by atoms with Gasteiger partial charge in [-0.25, -0.2) is 4.52 Å². The Morgan fingerprint density at radius 1 is 1.29 bits per heavy atom. The van der Waals surface area contributed by atoms with Crippen LogP contribution in [0.25, 0.3) is 0 Å². The third-order valence-corrected chi connectivity index (χ3v) is 3.65. The van der Waals surface area contributed by atoms with Crippen LogP contribution in [0.4, 0.5) is 0 Å². The number of benzene rings is 1. The highest BCUT2D eigenvalue weighted by Crippen LogP contribution is 2.21. The molecule has 0 N–H and O–H groups in total.